The molecule has 2 heterocycles. The third-order valence-corrected chi connectivity index (χ3v) is 7.02. The third-order valence-electron chi connectivity index (χ3n) is 5.01. The van der Waals surface area contributed by atoms with Crippen molar-refractivity contribution in [3.63, 3.8) is 0 Å². The van der Waals surface area contributed by atoms with Gasteiger partial charge in [0.25, 0.3) is 0 Å². The number of carbonyl (C=O) groups excluding carboxylic acids is 1. The first-order valence-corrected chi connectivity index (χ1v) is 11.0. The topological polar surface area (TPSA) is 61.4 Å². The van der Waals surface area contributed by atoms with Crippen molar-refractivity contribution in [1.29, 1.82) is 0 Å². The lowest BCUT2D eigenvalue weighted by molar-refractivity contribution is -0.132. The van der Waals surface area contributed by atoms with E-state index in [1.54, 1.807) is 0 Å². The molecule has 0 spiro atoms. The van der Waals surface area contributed by atoms with Crippen LogP contribution in [-0.2, 0) is 4.79 Å². The van der Waals surface area contributed by atoms with Crippen LogP contribution in [0.25, 0.3) is 0 Å². The molecule has 2 aromatic rings. The van der Waals surface area contributed by atoms with Crippen LogP contribution in [-0.4, -0.2) is 63.9 Å². The second kappa shape index (κ2) is 9.03. The monoisotopic (exact) mass is 405 g/mol. The Morgan fingerprint density at radius 2 is 2.00 bits per heavy atom. The Morgan fingerprint density at radius 1 is 1.26 bits per heavy atom. The Hall–Kier alpha value is -1.64. The summed E-state index contributed by atoms with van der Waals surface area (Å²) in [6, 6.07) is 6.16. The van der Waals surface area contributed by atoms with E-state index in [0.29, 0.717) is 0 Å². The first-order chi connectivity index (χ1) is 13.0. The van der Waals surface area contributed by atoms with Crippen molar-refractivity contribution < 1.29 is 4.79 Å². The molecule has 27 heavy (non-hydrogen) atoms. The largest absolute Gasteiger partial charge is 0.339 e. The van der Waals surface area contributed by atoms with Gasteiger partial charge in [0.2, 0.25) is 11.0 Å². The molecule has 1 amide bonds. The highest BCUT2D eigenvalue weighted by Gasteiger charge is 2.26. The van der Waals surface area contributed by atoms with Gasteiger partial charge >= 0.3 is 0 Å². The van der Waals surface area contributed by atoms with Gasteiger partial charge in [-0.15, -0.1) is 10.2 Å². The van der Waals surface area contributed by atoms with Crippen molar-refractivity contribution in [1.82, 2.24) is 20.0 Å². The van der Waals surface area contributed by atoms with Crippen molar-refractivity contribution >= 4 is 39.8 Å². The summed E-state index contributed by atoms with van der Waals surface area (Å²) >= 11 is 2.98. The number of aryl methyl sites for hydroxylation is 1. The first kappa shape index (κ1) is 20.1. The Bertz CT molecular complexity index is 786. The van der Waals surface area contributed by atoms with E-state index in [1.807, 2.05) is 24.0 Å². The molecule has 1 atom stereocenters. The minimum Gasteiger partial charge on any atom is -0.339 e. The molecule has 1 aliphatic heterocycles. The zero-order valence-corrected chi connectivity index (χ0v) is 18.0. The third kappa shape index (κ3) is 5.00. The van der Waals surface area contributed by atoms with Crippen LogP contribution in [0.4, 0.5) is 10.8 Å². The van der Waals surface area contributed by atoms with Crippen LogP contribution in [0.2, 0.25) is 0 Å². The van der Waals surface area contributed by atoms with E-state index >= 15 is 0 Å². The van der Waals surface area contributed by atoms with E-state index in [9.17, 15) is 4.79 Å². The summed E-state index contributed by atoms with van der Waals surface area (Å²) in [6.45, 7) is 12.9. The molecule has 1 saturated heterocycles. The molecule has 1 aromatic carbocycles. The Morgan fingerprint density at radius 3 is 2.70 bits per heavy atom. The van der Waals surface area contributed by atoms with Crippen LogP contribution >= 0.6 is 23.1 Å². The summed E-state index contributed by atoms with van der Waals surface area (Å²) in [5.41, 5.74) is 3.48. The lowest BCUT2D eigenvalue weighted by Gasteiger charge is -2.35. The zero-order valence-electron chi connectivity index (χ0n) is 16.4. The Kier molecular flexibility index (Phi) is 6.73. The second-order valence-electron chi connectivity index (χ2n) is 6.77. The lowest BCUT2D eigenvalue weighted by Crippen LogP contribution is -2.50. The number of anilines is 2. The number of piperazine rings is 1. The van der Waals surface area contributed by atoms with Gasteiger partial charge in [-0.3, -0.25) is 4.79 Å². The highest BCUT2D eigenvalue weighted by Crippen LogP contribution is 2.32. The molecule has 3 rings (SSSR count). The average molecular weight is 406 g/mol. The van der Waals surface area contributed by atoms with E-state index in [2.05, 4.69) is 47.3 Å². The number of hydrogen-bond donors (Lipinski definition) is 1. The summed E-state index contributed by atoms with van der Waals surface area (Å²) in [7, 11) is 0. The number of nitrogens with zero attached hydrogens (tertiary/aromatic N) is 4. The fraction of sp³-hybridized carbons (Fsp3) is 0.526. The SMILES string of the molecule is CCN1CCN(C(=O)[C@H](C)Sc2nnc(Nc3cccc(C)c3C)s2)CC1. The summed E-state index contributed by atoms with van der Waals surface area (Å²) in [4.78, 5) is 17.0. The van der Waals surface area contributed by atoms with Gasteiger partial charge in [-0.25, -0.2) is 0 Å². The smallest absolute Gasteiger partial charge is 0.235 e. The van der Waals surface area contributed by atoms with Crippen molar-refractivity contribution in [2.24, 2.45) is 0 Å². The number of likely N-dealkylation sites (N-methyl/N-ethyl adjacent to an activating group) is 1. The predicted octanol–water partition coefficient (Wildman–Crippen LogP) is 3.54. The Balaban J connectivity index is 1.57. The highest BCUT2D eigenvalue weighted by molar-refractivity contribution is 8.02. The maximum absolute atomic E-state index is 12.7. The molecule has 0 unspecified atom stereocenters. The molecule has 0 bridgehead atoms. The number of carbonyl (C=O) groups is 1. The molecule has 1 N–H and O–H groups in total. The second-order valence-corrected chi connectivity index (χ2v) is 9.33. The van der Waals surface area contributed by atoms with Gasteiger partial charge in [-0.2, -0.15) is 0 Å². The fourth-order valence-electron chi connectivity index (χ4n) is 3.05. The normalized spacial score (nSPS) is 16.4. The van der Waals surface area contributed by atoms with Crippen molar-refractivity contribution in [3.05, 3.63) is 29.3 Å². The first-order valence-electron chi connectivity index (χ1n) is 9.32. The number of amides is 1. The van der Waals surface area contributed by atoms with Crippen molar-refractivity contribution in [2.45, 2.75) is 37.3 Å². The molecular formula is C19H27N5OS2. The van der Waals surface area contributed by atoms with Gasteiger partial charge in [0.1, 0.15) is 0 Å². The van der Waals surface area contributed by atoms with E-state index in [4.69, 9.17) is 0 Å². The number of nitrogens with one attached hydrogen (secondary N) is 1. The van der Waals surface area contributed by atoms with Gasteiger partial charge in [-0.1, -0.05) is 42.2 Å². The summed E-state index contributed by atoms with van der Waals surface area (Å²) in [5, 5.41) is 12.4. The van der Waals surface area contributed by atoms with E-state index < -0.39 is 0 Å². The lowest BCUT2D eigenvalue weighted by atomic mass is 10.1. The standard InChI is InChI=1S/C19H27N5OS2/c1-5-23-9-11-24(12-10-23)17(25)15(4)26-19-22-21-18(27-19)20-16-8-6-7-13(2)14(16)3/h6-8,15H,5,9-12H2,1-4H3,(H,20,21)/t15-/m0/s1. The van der Waals surface area contributed by atoms with Crippen molar-refractivity contribution in [2.75, 3.05) is 38.0 Å². The zero-order chi connectivity index (χ0) is 19.4. The molecule has 1 aromatic heterocycles. The average Bonchev–Trinajstić information content (AvgIpc) is 3.11. The van der Waals surface area contributed by atoms with Crippen LogP contribution in [0.15, 0.2) is 22.5 Å². The van der Waals surface area contributed by atoms with Crippen LogP contribution < -0.4 is 5.32 Å². The predicted molar refractivity (Wildman–Crippen MR) is 113 cm³/mol. The van der Waals surface area contributed by atoms with E-state index in [1.165, 1.54) is 34.2 Å². The van der Waals surface area contributed by atoms with Crippen LogP contribution in [0.1, 0.15) is 25.0 Å². The van der Waals surface area contributed by atoms with E-state index in [0.717, 1.165) is 47.9 Å². The van der Waals surface area contributed by atoms with Gasteiger partial charge in [0.15, 0.2) is 4.34 Å². The van der Waals surface area contributed by atoms with Crippen LogP contribution in [0, 0.1) is 13.8 Å². The van der Waals surface area contributed by atoms with Crippen LogP contribution in [0.5, 0.6) is 0 Å². The quantitative estimate of drug-likeness (QED) is 0.742. The molecule has 1 fully saturated rings. The van der Waals surface area contributed by atoms with Gasteiger partial charge in [0.05, 0.1) is 5.25 Å². The minimum atomic E-state index is -0.153. The molecule has 1 aliphatic rings. The van der Waals surface area contributed by atoms with Gasteiger partial charge in [0, 0.05) is 31.9 Å². The number of thioether (sulfide) groups is 1. The molecule has 8 heteroatoms. The number of rotatable bonds is 6. The number of aromatic nitrogens is 2. The van der Waals surface area contributed by atoms with Crippen LogP contribution in [0.3, 0.4) is 0 Å². The molecule has 146 valence electrons. The highest BCUT2D eigenvalue weighted by atomic mass is 32.2. The van der Waals surface area contributed by atoms with Gasteiger partial charge in [-0.05, 0) is 44.5 Å². The molecular weight excluding hydrogens is 378 g/mol. The number of hydrogen-bond acceptors (Lipinski definition) is 7. The number of benzene rings is 1. The van der Waals surface area contributed by atoms with E-state index in [-0.39, 0.29) is 11.2 Å². The molecule has 6 nitrogen and oxygen atoms in total. The summed E-state index contributed by atoms with van der Waals surface area (Å²) < 4.78 is 0.816. The molecule has 0 saturated carbocycles. The maximum Gasteiger partial charge on any atom is 0.235 e. The van der Waals surface area contributed by atoms with Gasteiger partial charge < -0.3 is 15.1 Å². The summed E-state index contributed by atoms with van der Waals surface area (Å²) in [5.74, 6) is 0.190. The van der Waals surface area contributed by atoms with Crippen molar-refractivity contribution in [3.8, 4) is 0 Å². The maximum atomic E-state index is 12.7. The Labute approximate surface area is 169 Å². The fourth-order valence-corrected chi connectivity index (χ4v) is 5.05. The molecule has 0 aliphatic carbocycles. The summed E-state index contributed by atoms with van der Waals surface area (Å²) in [6.07, 6.45) is 0. The molecule has 0 radical (unpaired) electrons. The minimum absolute atomic E-state index is 0.153.